The van der Waals surface area contributed by atoms with Crippen LogP contribution in [0.5, 0.6) is 0 Å². The molecule has 2 aliphatic rings. The van der Waals surface area contributed by atoms with E-state index in [2.05, 4.69) is 44.8 Å². The molecule has 18 heavy (non-hydrogen) atoms. The summed E-state index contributed by atoms with van der Waals surface area (Å²) in [4.78, 5) is 2.84. The molecule has 1 aliphatic carbocycles. The van der Waals surface area contributed by atoms with Gasteiger partial charge in [-0.25, -0.2) is 0 Å². The molecule has 0 radical (unpaired) electrons. The highest BCUT2D eigenvalue weighted by molar-refractivity contribution is 4.95. The van der Waals surface area contributed by atoms with Crippen molar-refractivity contribution < 1.29 is 0 Å². The monoisotopic (exact) mass is 252 g/mol. The van der Waals surface area contributed by atoms with Crippen LogP contribution in [0.4, 0.5) is 0 Å². The predicted octanol–water partition coefficient (Wildman–Crippen LogP) is 3.27. The van der Waals surface area contributed by atoms with Gasteiger partial charge in [-0.05, 0) is 37.0 Å². The summed E-state index contributed by atoms with van der Waals surface area (Å²) in [5.74, 6) is 0.750. The Morgan fingerprint density at radius 3 is 2.56 bits per heavy atom. The lowest BCUT2D eigenvalue weighted by Gasteiger charge is -2.45. The first-order chi connectivity index (χ1) is 8.43. The van der Waals surface area contributed by atoms with Crippen LogP contribution in [0.25, 0.3) is 0 Å². The molecule has 106 valence electrons. The number of nitrogens with zero attached hydrogens (tertiary/aromatic N) is 1. The Morgan fingerprint density at radius 1 is 1.33 bits per heavy atom. The highest BCUT2D eigenvalue weighted by Crippen LogP contribution is 2.40. The Balaban J connectivity index is 2.02. The molecule has 0 aromatic carbocycles. The standard InChI is InChI=1S/C16H32N2/c1-6-13-10-17-15(12(2)3)11-18(13)14-7-8-16(4,5)9-14/h12-15,17H,6-11H2,1-5H3. The molecular weight excluding hydrogens is 220 g/mol. The number of hydrogen-bond acceptors (Lipinski definition) is 2. The van der Waals surface area contributed by atoms with Gasteiger partial charge in [-0.2, -0.15) is 0 Å². The molecule has 2 heteroatoms. The maximum Gasteiger partial charge on any atom is 0.0221 e. The molecule has 0 amide bonds. The molecule has 2 rings (SSSR count). The van der Waals surface area contributed by atoms with E-state index in [1.165, 1.54) is 38.8 Å². The van der Waals surface area contributed by atoms with Gasteiger partial charge >= 0.3 is 0 Å². The summed E-state index contributed by atoms with van der Waals surface area (Å²) in [7, 11) is 0. The molecule has 1 heterocycles. The van der Waals surface area contributed by atoms with E-state index in [0.717, 1.165) is 18.0 Å². The normalized spacial score (nSPS) is 37.3. The number of piperazine rings is 1. The van der Waals surface area contributed by atoms with Crippen molar-refractivity contribution in [2.45, 2.75) is 78.4 Å². The van der Waals surface area contributed by atoms with Gasteiger partial charge in [-0.3, -0.25) is 4.90 Å². The first kappa shape index (κ1) is 14.3. The summed E-state index contributed by atoms with van der Waals surface area (Å²) in [6.07, 6.45) is 5.50. The zero-order valence-electron chi connectivity index (χ0n) is 13.0. The third-order valence-electron chi connectivity index (χ3n) is 5.18. The fraction of sp³-hybridized carbons (Fsp3) is 1.00. The van der Waals surface area contributed by atoms with E-state index in [1.807, 2.05) is 0 Å². The second-order valence-electron chi connectivity index (χ2n) is 7.58. The molecule has 0 spiro atoms. The molecule has 2 fully saturated rings. The van der Waals surface area contributed by atoms with Gasteiger partial charge in [0.15, 0.2) is 0 Å². The van der Waals surface area contributed by atoms with Crippen LogP contribution in [0, 0.1) is 11.3 Å². The van der Waals surface area contributed by atoms with Crippen LogP contribution in [-0.2, 0) is 0 Å². The van der Waals surface area contributed by atoms with Gasteiger partial charge in [-0.1, -0.05) is 34.6 Å². The molecule has 0 aromatic rings. The predicted molar refractivity (Wildman–Crippen MR) is 78.8 cm³/mol. The Labute approximate surface area is 114 Å². The van der Waals surface area contributed by atoms with E-state index >= 15 is 0 Å². The minimum atomic E-state index is 0.571. The molecule has 0 aromatic heterocycles. The van der Waals surface area contributed by atoms with E-state index in [9.17, 15) is 0 Å². The van der Waals surface area contributed by atoms with Crippen molar-refractivity contribution in [2.24, 2.45) is 11.3 Å². The summed E-state index contributed by atoms with van der Waals surface area (Å²) in [6.45, 7) is 14.4. The van der Waals surface area contributed by atoms with Gasteiger partial charge in [0.2, 0.25) is 0 Å². The van der Waals surface area contributed by atoms with Gasteiger partial charge in [0.1, 0.15) is 0 Å². The fourth-order valence-corrected chi connectivity index (χ4v) is 3.80. The molecule has 1 saturated carbocycles. The number of rotatable bonds is 3. The zero-order chi connectivity index (χ0) is 13.3. The van der Waals surface area contributed by atoms with Crippen LogP contribution in [-0.4, -0.2) is 36.1 Å². The van der Waals surface area contributed by atoms with Crippen molar-refractivity contribution in [3.63, 3.8) is 0 Å². The topological polar surface area (TPSA) is 15.3 Å². The average Bonchev–Trinajstić information content (AvgIpc) is 2.68. The lowest BCUT2D eigenvalue weighted by molar-refractivity contribution is 0.0648. The SMILES string of the molecule is CCC1CNC(C(C)C)CN1C1CCC(C)(C)C1. The first-order valence-electron chi connectivity index (χ1n) is 7.92. The van der Waals surface area contributed by atoms with E-state index in [4.69, 9.17) is 0 Å². The van der Waals surface area contributed by atoms with Crippen LogP contribution in [0.15, 0.2) is 0 Å². The Kier molecular flexibility index (Phi) is 4.38. The van der Waals surface area contributed by atoms with E-state index in [0.29, 0.717) is 11.5 Å². The Bertz CT molecular complexity index is 272. The highest BCUT2D eigenvalue weighted by Gasteiger charge is 2.39. The van der Waals surface area contributed by atoms with Crippen molar-refractivity contribution in [2.75, 3.05) is 13.1 Å². The molecule has 1 saturated heterocycles. The highest BCUT2D eigenvalue weighted by atomic mass is 15.3. The lowest BCUT2D eigenvalue weighted by atomic mass is 9.90. The van der Waals surface area contributed by atoms with Crippen LogP contribution in [0.2, 0.25) is 0 Å². The molecular formula is C16H32N2. The van der Waals surface area contributed by atoms with Gasteiger partial charge in [-0.15, -0.1) is 0 Å². The molecule has 2 nitrogen and oxygen atoms in total. The maximum atomic E-state index is 3.75. The van der Waals surface area contributed by atoms with Gasteiger partial charge in [0.25, 0.3) is 0 Å². The molecule has 1 N–H and O–H groups in total. The van der Waals surface area contributed by atoms with Gasteiger partial charge in [0.05, 0.1) is 0 Å². The first-order valence-corrected chi connectivity index (χ1v) is 7.92. The minimum absolute atomic E-state index is 0.571. The molecule has 1 aliphatic heterocycles. The fourth-order valence-electron chi connectivity index (χ4n) is 3.80. The van der Waals surface area contributed by atoms with Gasteiger partial charge < -0.3 is 5.32 Å². The van der Waals surface area contributed by atoms with Crippen LogP contribution in [0.1, 0.15) is 60.3 Å². The van der Waals surface area contributed by atoms with Crippen LogP contribution >= 0.6 is 0 Å². The van der Waals surface area contributed by atoms with E-state index < -0.39 is 0 Å². The van der Waals surface area contributed by atoms with Crippen molar-refractivity contribution in [1.82, 2.24) is 10.2 Å². The third kappa shape index (κ3) is 3.08. The van der Waals surface area contributed by atoms with Crippen molar-refractivity contribution in [3.8, 4) is 0 Å². The smallest absolute Gasteiger partial charge is 0.0221 e. The van der Waals surface area contributed by atoms with Crippen LogP contribution < -0.4 is 5.32 Å². The molecule has 3 unspecified atom stereocenters. The Hall–Kier alpha value is -0.0800. The van der Waals surface area contributed by atoms with Gasteiger partial charge in [0, 0.05) is 31.2 Å². The second kappa shape index (κ2) is 5.50. The average molecular weight is 252 g/mol. The van der Waals surface area contributed by atoms with E-state index in [-0.39, 0.29) is 0 Å². The van der Waals surface area contributed by atoms with Crippen molar-refractivity contribution >= 4 is 0 Å². The molecule has 0 bridgehead atoms. The zero-order valence-corrected chi connectivity index (χ0v) is 13.0. The quantitative estimate of drug-likeness (QED) is 0.829. The molecule has 3 atom stereocenters. The van der Waals surface area contributed by atoms with Crippen LogP contribution in [0.3, 0.4) is 0 Å². The third-order valence-corrected chi connectivity index (χ3v) is 5.18. The largest absolute Gasteiger partial charge is 0.311 e. The summed E-state index contributed by atoms with van der Waals surface area (Å²) >= 11 is 0. The number of nitrogens with one attached hydrogen (secondary N) is 1. The van der Waals surface area contributed by atoms with E-state index in [1.54, 1.807) is 0 Å². The summed E-state index contributed by atoms with van der Waals surface area (Å²) in [6, 6.07) is 2.30. The summed E-state index contributed by atoms with van der Waals surface area (Å²) in [5.41, 5.74) is 0.571. The summed E-state index contributed by atoms with van der Waals surface area (Å²) < 4.78 is 0. The lowest BCUT2D eigenvalue weighted by Crippen LogP contribution is -2.60. The van der Waals surface area contributed by atoms with Crippen molar-refractivity contribution in [1.29, 1.82) is 0 Å². The maximum absolute atomic E-state index is 3.75. The minimum Gasteiger partial charge on any atom is -0.311 e. The number of hydrogen-bond donors (Lipinski definition) is 1. The second-order valence-corrected chi connectivity index (χ2v) is 7.58. The van der Waals surface area contributed by atoms with Crippen molar-refractivity contribution in [3.05, 3.63) is 0 Å². The Morgan fingerprint density at radius 2 is 2.06 bits per heavy atom. The summed E-state index contributed by atoms with van der Waals surface area (Å²) in [5, 5.41) is 3.75.